The predicted molar refractivity (Wildman–Crippen MR) is 72.1 cm³/mol. The van der Waals surface area contributed by atoms with E-state index in [1.165, 1.54) is 6.26 Å². The average molecular weight is 291 g/mol. The summed E-state index contributed by atoms with van der Waals surface area (Å²) in [6.07, 6.45) is 4.14. The molecule has 0 aromatic carbocycles. The standard InChI is InChI=1S/C14H17N3O4/c18-9-14(5-6-14)8-15-11(19)3-4-12-16-13(17-21-12)10-2-1-7-20-10/h1-2,7,18H,3-6,8-9H2,(H,15,19). The van der Waals surface area contributed by atoms with Crippen molar-refractivity contribution in [3.05, 3.63) is 24.3 Å². The third-order valence-corrected chi connectivity index (χ3v) is 3.73. The Morgan fingerprint density at radius 1 is 1.48 bits per heavy atom. The average Bonchev–Trinajstić information content (AvgIpc) is 2.93. The van der Waals surface area contributed by atoms with Crippen molar-refractivity contribution in [3.8, 4) is 11.6 Å². The highest BCUT2D eigenvalue weighted by molar-refractivity contribution is 5.76. The molecule has 3 rings (SSSR count). The minimum atomic E-state index is -0.0768. The molecule has 0 atom stereocenters. The van der Waals surface area contributed by atoms with Crippen molar-refractivity contribution >= 4 is 5.91 Å². The summed E-state index contributed by atoms with van der Waals surface area (Å²) in [4.78, 5) is 15.9. The lowest BCUT2D eigenvalue weighted by Gasteiger charge is -2.12. The zero-order valence-corrected chi connectivity index (χ0v) is 11.5. The van der Waals surface area contributed by atoms with Gasteiger partial charge in [0.15, 0.2) is 5.76 Å². The number of nitrogens with one attached hydrogen (secondary N) is 1. The number of aliphatic hydroxyl groups excluding tert-OH is 1. The van der Waals surface area contributed by atoms with E-state index in [0.29, 0.717) is 30.4 Å². The van der Waals surface area contributed by atoms with Gasteiger partial charge >= 0.3 is 0 Å². The van der Waals surface area contributed by atoms with Crippen molar-refractivity contribution in [2.75, 3.05) is 13.2 Å². The summed E-state index contributed by atoms with van der Waals surface area (Å²) in [7, 11) is 0. The topological polar surface area (TPSA) is 101 Å². The number of hydrogen-bond acceptors (Lipinski definition) is 6. The van der Waals surface area contributed by atoms with Crippen molar-refractivity contribution in [1.82, 2.24) is 15.5 Å². The zero-order chi connectivity index (χ0) is 14.7. The predicted octanol–water partition coefficient (Wildman–Crippen LogP) is 1.15. The molecule has 7 heteroatoms. The Balaban J connectivity index is 1.45. The van der Waals surface area contributed by atoms with Gasteiger partial charge in [0.1, 0.15) is 0 Å². The molecule has 2 N–H and O–H groups in total. The number of amides is 1. The van der Waals surface area contributed by atoms with Crippen LogP contribution in [0.4, 0.5) is 0 Å². The van der Waals surface area contributed by atoms with Gasteiger partial charge in [-0.2, -0.15) is 4.98 Å². The fraction of sp³-hybridized carbons (Fsp3) is 0.500. The molecule has 1 amide bonds. The molecular weight excluding hydrogens is 274 g/mol. The van der Waals surface area contributed by atoms with E-state index in [1.54, 1.807) is 12.1 Å². The van der Waals surface area contributed by atoms with Crippen molar-refractivity contribution in [2.45, 2.75) is 25.7 Å². The van der Waals surface area contributed by atoms with Gasteiger partial charge in [0, 0.05) is 24.8 Å². The van der Waals surface area contributed by atoms with E-state index in [4.69, 9.17) is 8.94 Å². The van der Waals surface area contributed by atoms with Crippen molar-refractivity contribution in [1.29, 1.82) is 0 Å². The Kier molecular flexibility index (Phi) is 3.74. The molecule has 0 spiro atoms. The lowest BCUT2D eigenvalue weighted by atomic mass is 10.1. The Hall–Kier alpha value is -2.15. The lowest BCUT2D eigenvalue weighted by Crippen LogP contribution is -2.31. The minimum absolute atomic E-state index is 0.0764. The first-order valence-corrected chi connectivity index (χ1v) is 6.95. The molecule has 2 aromatic heterocycles. The van der Waals surface area contributed by atoms with Crippen LogP contribution < -0.4 is 5.32 Å². The number of aliphatic hydroxyl groups is 1. The molecular formula is C14H17N3O4. The van der Waals surface area contributed by atoms with Crippen LogP contribution in [0.15, 0.2) is 27.3 Å². The molecule has 7 nitrogen and oxygen atoms in total. The van der Waals surface area contributed by atoms with E-state index < -0.39 is 0 Å². The summed E-state index contributed by atoms with van der Waals surface area (Å²) in [6.45, 7) is 0.660. The van der Waals surface area contributed by atoms with E-state index in [0.717, 1.165) is 12.8 Å². The molecule has 0 radical (unpaired) electrons. The molecule has 1 aliphatic carbocycles. The minimum Gasteiger partial charge on any atom is -0.461 e. The van der Waals surface area contributed by atoms with Gasteiger partial charge in [-0.15, -0.1) is 0 Å². The van der Waals surface area contributed by atoms with Gasteiger partial charge in [-0.25, -0.2) is 0 Å². The van der Waals surface area contributed by atoms with Gasteiger partial charge in [0.05, 0.1) is 12.9 Å². The first kappa shape index (κ1) is 13.8. The fourth-order valence-corrected chi connectivity index (χ4v) is 2.02. The smallest absolute Gasteiger partial charge is 0.238 e. The number of nitrogens with zero attached hydrogens (tertiary/aromatic N) is 2. The molecule has 1 aliphatic rings. The summed E-state index contributed by atoms with van der Waals surface area (Å²) in [6, 6.07) is 3.49. The normalized spacial score (nSPS) is 15.9. The quantitative estimate of drug-likeness (QED) is 0.793. The second-order valence-electron chi connectivity index (χ2n) is 5.42. The molecule has 2 aromatic rings. The molecule has 0 saturated heterocycles. The van der Waals surface area contributed by atoms with Gasteiger partial charge in [0.2, 0.25) is 17.6 Å². The van der Waals surface area contributed by atoms with Crippen molar-refractivity contribution in [2.24, 2.45) is 5.41 Å². The lowest BCUT2D eigenvalue weighted by molar-refractivity contribution is -0.121. The van der Waals surface area contributed by atoms with Crippen molar-refractivity contribution in [3.63, 3.8) is 0 Å². The Labute approximate surface area is 121 Å². The van der Waals surface area contributed by atoms with Gasteiger partial charge in [-0.3, -0.25) is 4.79 Å². The summed E-state index contributed by atoms with van der Waals surface area (Å²) in [5, 5.41) is 15.8. The first-order valence-electron chi connectivity index (χ1n) is 6.95. The number of carbonyl (C=O) groups is 1. The van der Waals surface area contributed by atoms with Gasteiger partial charge in [-0.1, -0.05) is 5.16 Å². The van der Waals surface area contributed by atoms with Crippen LogP contribution in [0.2, 0.25) is 0 Å². The molecule has 1 saturated carbocycles. The van der Waals surface area contributed by atoms with Crippen LogP contribution in [0.1, 0.15) is 25.2 Å². The molecule has 112 valence electrons. The van der Waals surface area contributed by atoms with Gasteiger partial charge < -0.3 is 19.4 Å². The number of hydrogen-bond donors (Lipinski definition) is 2. The van der Waals surface area contributed by atoms with E-state index in [9.17, 15) is 9.90 Å². The molecule has 0 bridgehead atoms. The van der Waals surface area contributed by atoms with Crippen LogP contribution in [0.25, 0.3) is 11.6 Å². The van der Waals surface area contributed by atoms with E-state index in [-0.39, 0.29) is 24.3 Å². The monoisotopic (exact) mass is 291 g/mol. The van der Waals surface area contributed by atoms with Crippen LogP contribution in [-0.4, -0.2) is 34.3 Å². The highest BCUT2D eigenvalue weighted by Crippen LogP contribution is 2.44. The van der Waals surface area contributed by atoms with E-state index in [1.807, 2.05) is 0 Å². The highest BCUT2D eigenvalue weighted by atomic mass is 16.5. The Morgan fingerprint density at radius 2 is 2.33 bits per heavy atom. The SMILES string of the molecule is O=C(CCc1nc(-c2ccco2)no1)NCC1(CO)CC1. The zero-order valence-electron chi connectivity index (χ0n) is 11.5. The summed E-state index contributed by atoms with van der Waals surface area (Å²) in [5.41, 5.74) is -0.0768. The number of rotatable bonds is 7. The second-order valence-corrected chi connectivity index (χ2v) is 5.42. The molecule has 2 heterocycles. The summed E-state index contributed by atoms with van der Waals surface area (Å²) in [5.74, 6) is 1.24. The van der Waals surface area contributed by atoms with Crippen LogP contribution >= 0.6 is 0 Å². The third kappa shape index (κ3) is 3.30. The van der Waals surface area contributed by atoms with Crippen molar-refractivity contribution < 1.29 is 18.8 Å². The van der Waals surface area contributed by atoms with Crippen LogP contribution in [0.5, 0.6) is 0 Å². The third-order valence-electron chi connectivity index (χ3n) is 3.73. The number of aromatic nitrogens is 2. The van der Waals surface area contributed by atoms with E-state index >= 15 is 0 Å². The van der Waals surface area contributed by atoms with E-state index in [2.05, 4.69) is 15.5 Å². The number of carbonyl (C=O) groups excluding carboxylic acids is 1. The first-order chi connectivity index (χ1) is 10.2. The molecule has 21 heavy (non-hydrogen) atoms. The van der Waals surface area contributed by atoms with Gasteiger partial charge in [-0.05, 0) is 25.0 Å². The Bertz CT molecular complexity index is 602. The maximum atomic E-state index is 11.7. The van der Waals surface area contributed by atoms with Crippen LogP contribution in [0.3, 0.4) is 0 Å². The van der Waals surface area contributed by atoms with Crippen LogP contribution in [-0.2, 0) is 11.2 Å². The molecule has 1 fully saturated rings. The second kappa shape index (κ2) is 5.69. The highest BCUT2D eigenvalue weighted by Gasteiger charge is 2.41. The number of aryl methyl sites for hydroxylation is 1. The maximum Gasteiger partial charge on any atom is 0.238 e. The number of furan rings is 1. The molecule has 0 unspecified atom stereocenters. The van der Waals surface area contributed by atoms with Gasteiger partial charge in [0.25, 0.3) is 0 Å². The summed E-state index contributed by atoms with van der Waals surface area (Å²) >= 11 is 0. The van der Waals surface area contributed by atoms with Crippen LogP contribution in [0, 0.1) is 5.41 Å². The summed E-state index contributed by atoms with van der Waals surface area (Å²) < 4.78 is 10.2. The fourth-order valence-electron chi connectivity index (χ4n) is 2.02. The maximum absolute atomic E-state index is 11.7. The Morgan fingerprint density at radius 3 is 3.00 bits per heavy atom. The molecule has 0 aliphatic heterocycles. The largest absolute Gasteiger partial charge is 0.461 e.